The van der Waals surface area contributed by atoms with Gasteiger partial charge in [0.15, 0.2) is 6.61 Å². The molecule has 1 heterocycles. The molecule has 21 heavy (non-hydrogen) atoms. The number of hydrogen-bond donors (Lipinski definition) is 1. The number of hydrogen-bond acceptors (Lipinski definition) is 3. The Morgan fingerprint density at radius 2 is 2.19 bits per heavy atom. The van der Waals surface area contributed by atoms with E-state index in [4.69, 9.17) is 16.3 Å². The van der Waals surface area contributed by atoms with Gasteiger partial charge < -0.3 is 15.0 Å². The summed E-state index contributed by atoms with van der Waals surface area (Å²) in [5, 5.41) is 3.17. The lowest BCUT2D eigenvalue weighted by atomic mass is 10.2. The number of carbonyl (C=O) groups excluding carboxylic acids is 1. The topological polar surface area (TPSA) is 41.6 Å². The van der Waals surface area contributed by atoms with Crippen molar-refractivity contribution in [1.82, 2.24) is 4.90 Å². The normalized spacial score (nSPS) is 19.0. The quantitative estimate of drug-likeness (QED) is 0.926. The van der Waals surface area contributed by atoms with Crippen LogP contribution in [0, 0.1) is 0 Å². The number of alkyl halides is 3. The van der Waals surface area contributed by atoms with E-state index in [0.717, 1.165) is 0 Å². The molecular formula is C13H14ClF3N2O2. The summed E-state index contributed by atoms with van der Waals surface area (Å²) in [4.78, 5) is 13.4. The number of benzene rings is 1. The van der Waals surface area contributed by atoms with Gasteiger partial charge in [0, 0.05) is 24.7 Å². The van der Waals surface area contributed by atoms with Crippen LogP contribution in [-0.4, -0.2) is 43.2 Å². The Morgan fingerprint density at radius 3 is 2.76 bits per heavy atom. The fourth-order valence-corrected chi connectivity index (χ4v) is 2.20. The van der Waals surface area contributed by atoms with Gasteiger partial charge in [-0.05, 0) is 18.6 Å². The maximum atomic E-state index is 12.3. The predicted octanol–water partition coefficient (Wildman–Crippen LogP) is 2.92. The van der Waals surface area contributed by atoms with Crippen molar-refractivity contribution in [2.45, 2.75) is 18.6 Å². The average Bonchev–Trinajstić information content (AvgIpc) is 2.70. The highest BCUT2D eigenvalue weighted by molar-refractivity contribution is 6.30. The van der Waals surface area contributed by atoms with E-state index in [1.165, 1.54) is 18.2 Å². The first kappa shape index (κ1) is 15.8. The standard InChI is InChI=1S/C13H14ClF3N2O2/c1-19-5-4-10(12(19)20)18-9-3-2-8(14)6-11(9)21-7-13(15,16)17/h2-3,6,10,18H,4-5,7H2,1H3/t10-/m0/s1. The molecule has 1 saturated heterocycles. The minimum atomic E-state index is -4.44. The number of halogens is 4. The van der Waals surface area contributed by atoms with E-state index in [1.807, 2.05) is 0 Å². The Balaban J connectivity index is 2.13. The van der Waals surface area contributed by atoms with Crippen LogP contribution in [0.25, 0.3) is 0 Å². The summed E-state index contributed by atoms with van der Waals surface area (Å²) < 4.78 is 41.5. The van der Waals surface area contributed by atoms with Gasteiger partial charge in [0.2, 0.25) is 5.91 Å². The van der Waals surface area contributed by atoms with Gasteiger partial charge in [-0.1, -0.05) is 11.6 Å². The first-order valence-electron chi connectivity index (χ1n) is 6.27. The molecule has 116 valence electrons. The molecule has 8 heteroatoms. The highest BCUT2D eigenvalue weighted by atomic mass is 35.5. The predicted molar refractivity (Wildman–Crippen MR) is 72.7 cm³/mol. The van der Waals surface area contributed by atoms with Crippen LogP contribution in [0.1, 0.15) is 6.42 Å². The minimum Gasteiger partial charge on any atom is -0.482 e. The molecule has 0 unspecified atom stereocenters. The van der Waals surface area contributed by atoms with Crippen molar-refractivity contribution in [1.29, 1.82) is 0 Å². The third-order valence-electron chi connectivity index (χ3n) is 3.09. The third-order valence-corrected chi connectivity index (χ3v) is 3.33. The van der Waals surface area contributed by atoms with Crippen LogP contribution in [-0.2, 0) is 4.79 Å². The molecule has 0 bridgehead atoms. The largest absolute Gasteiger partial charge is 0.482 e. The summed E-state index contributed by atoms with van der Waals surface area (Å²) in [6.45, 7) is -0.816. The molecule has 0 radical (unpaired) electrons. The molecular weight excluding hydrogens is 309 g/mol. The summed E-state index contributed by atoms with van der Waals surface area (Å²) in [6, 6.07) is 3.84. The molecule has 2 rings (SSSR count). The number of anilines is 1. The van der Waals surface area contributed by atoms with Crippen LogP contribution in [0.5, 0.6) is 5.75 Å². The van der Waals surface area contributed by atoms with Crippen molar-refractivity contribution in [3.8, 4) is 5.75 Å². The van der Waals surface area contributed by atoms with Crippen molar-refractivity contribution >= 4 is 23.2 Å². The van der Waals surface area contributed by atoms with Crippen molar-refractivity contribution < 1.29 is 22.7 Å². The highest BCUT2D eigenvalue weighted by Gasteiger charge is 2.31. The SMILES string of the molecule is CN1CC[C@H](Nc2ccc(Cl)cc2OCC(F)(F)F)C1=O. The van der Waals surface area contributed by atoms with Gasteiger partial charge in [0.1, 0.15) is 11.8 Å². The highest BCUT2D eigenvalue weighted by Crippen LogP contribution is 2.31. The molecule has 0 spiro atoms. The van der Waals surface area contributed by atoms with E-state index in [2.05, 4.69) is 5.32 Å². The van der Waals surface area contributed by atoms with Gasteiger partial charge in [-0.15, -0.1) is 0 Å². The Hall–Kier alpha value is -1.63. The van der Waals surface area contributed by atoms with E-state index >= 15 is 0 Å². The fraction of sp³-hybridized carbons (Fsp3) is 0.462. The van der Waals surface area contributed by atoms with Gasteiger partial charge in [0.25, 0.3) is 0 Å². The van der Waals surface area contributed by atoms with Gasteiger partial charge in [0.05, 0.1) is 5.69 Å². The summed E-state index contributed by atoms with van der Waals surface area (Å²) in [6.07, 6.45) is -3.86. The van der Waals surface area contributed by atoms with E-state index in [1.54, 1.807) is 11.9 Å². The first-order valence-corrected chi connectivity index (χ1v) is 6.65. The van der Waals surface area contributed by atoms with E-state index in [-0.39, 0.29) is 16.7 Å². The third kappa shape index (κ3) is 4.17. The molecule has 0 aliphatic carbocycles. The summed E-state index contributed by atoms with van der Waals surface area (Å²) >= 11 is 5.77. The van der Waals surface area contributed by atoms with Gasteiger partial charge in [-0.3, -0.25) is 4.79 Å². The van der Waals surface area contributed by atoms with Crippen LogP contribution in [0.4, 0.5) is 18.9 Å². The van der Waals surface area contributed by atoms with E-state index < -0.39 is 18.8 Å². The van der Waals surface area contributed by atoms with E-state index in [9.17, 15) is 18.0 Å². The summed E-state index contributed by atoms with van der Waals surface area (Å²) in [5.41, 5.74) is 0.317. The minimum absolute atomic E-state index is 0.0258. The number of amides is 1. The lowest BCUT2D eigenvalue weighted by Crippen LogP contribution is -2.31. The number of likely N-dealkylation sites (N-methyl/N-ethyl adjacent to an activating group) is 1. The second-order valence-corrected chi connectivity index (χ2v) is 5.23. The van der Waals surface area contributed by atoms with Crippen molar-refractivity contribution in [2.24, 2.45) is 0 Å². The lowest BCUT2D eigenvalue weighted by molar-refractivity contribution is -0.153. The number of likely N-dealkylation sites (tertiary alicyclic amines) is 1. The smallest absolute Gasteiger partial charge is 0.422 e. The van der Waals surface area contributed by atoms with Gasteiger partial charge in [-0.2, -0.15) is 13.2 Å². The Labute approximate surface area is 124 Å². The van der Waals surface area contributed by atoms with Gasteiger partial charge >= 0.3 is 6.18 Å². The molecule has 1 aromatic carbocycles. The van der Waals surface area contributed by atoms with Crippen LogP contribution >= 0.6 is 11.6 Å². The molecule has 1 N–H and O–H groups in total. The molecule has 1 atom stereocenters. The molecule has 0 aromatic heterocycles. The monoisotopic (exact) mass is 322 g/mol. The molecule has 1 aliphatic rings. The van der Waals surface area contributed by atoms with Gasteiger partial charge in [-0.25, -0.2) is 0 Å². The number of carbonyl (C=O) groups is 1. The molecule has 4 nitrogen and oxygen atoms in total. The van der Waals surface area contributed by atoms with E-state index in [0.29, 0.717) is 18.7 Å². The van der Waals surface area contributed by atoms with Crippen molar-refractivity contribution in [3.63, 3.8) is 0 Å². The van der Waals surface area contributed by atoms with Crippen molar-refractivity contribution in [3.05, 3.63) is 23.2 Å². The zero-order chi connectivity index (χ0) is 15.6. The van der Waals surface area contributed by atoms with Crippen molar-refractivity contribution in [2.75, 3.05) is 25.5 Å². The molecule has 1 aliphatic heterocycles. The molecule has 0 saturated carbocycles. The zero-order valence-corrected chi connectivity index (χ0v) is 12.0. The van der Waals surface area contributed by atoms with Crippen LogP contribution < -0.4 is 10.1 Å². The first-order chi connectivity index (χ1) is 9.76. The molecule has 1 fully saturated rings. The molecule has 1 amide bonds. The second-order valence-electron chi connectivity index (χ2n) is 4.79. The Morgan fingerprint density at radius 1 is 1.48 bits per heavy atom. The maximum absolute atomic E-state index is 12.3. The number of nitrogens with zero attached hydrogens (tertiary/aromatic N) is 1. The lowest BCUT2D eigenvalue weighted by Gasteiger charge is -2.18. The molecule has 1 aromatic rings. The summed E-state index contributed by atoms with van der Waals surface area (Å²) in [7, 11) is 1.67. The average molecular weight is 323 g/mol. The Bertz CT molecular complexity index is 537. The second kappa shape index (κ2) is 6.01. The fourth-order valence-electron chi connectivity index (χ4n) is 2.04. The number of rotatable bonds is 4. The van der Waals surface area contributed by atoms with Crippen LogP contribution in [0.2, 0.25) is 5.02 Å². The zero-order valence-electron chi connectivity index (χ0n) is 11.2. The maximum Gasteiger partial charge on any atom is 0.422 e. The van der Waals surface area contributed by atoms with Crippen LogP contribution in [0.15, 0.2) is 18.2 Å². The number of ether oxygens (including phenoxy) is 1. The van der Waals surface area contributed by atoms with Crippen LogP contribution in [0.3, 0.4) is 0 Å². The Kier molecular flexibility index (Phi) is 4.51. The summed E-state index contributed by atoms with van der Waals surface area (Å²) in [5.74, 6) is -0.131. The number of nitrogens with one attached hydrogen (secondary N) is 1.